The Balaban J connectivity index is 4.24. The summed E-state index contributed by atoms with van der Waals surface area (Å²) in [5.41, 5.74) is 0. The molecule has 0 aliphatic heterocycles. The molecular formula is C73H118O6. The molecule has 0 amide bonds. The third kappa shape index (κ3) is 64.0. The molecule has 6 heteroatoms. The number of rotatable bonds is 57. The van der Waals surface area contributed by atoms with E-state index in [0.29, 0.717) is 19.3 Å². The van der Waals surface area contributed by atoms with Crippen molar-refractivity contribution < 1.29 is 28.6 Å². The second-order valence-electron chi connectivity index (χ2n) is 20.9. The minimum absolute atomic E-state index is 0.0900. The van der Waals surface area contributed by atoms with Gasteiger partial charge >= 0.3 is 17.9 Å². The van der Waals surface area contributed by atoms with Crippen LogP contribution in [0.5, 0.6) is 0 Å². The topological polar surface area (TPSA) is 78.9 Å². The summed E-state index contributed by atoms with van der Waals surface area (Å²) in [6, 6.07) is 0. The number of ether oxygens (including phenoxy) is 3. The molecule has 0 bridgehead atoms. The zero-order valence-electron chi connectivity index (χ0n) is 51.1. The van der Waals surface area contributed by atoms with Crippen molar-refractivity contribution in [3.05, 3.63) is 146 Å². The van der Waals surface area contributed by atoms with Crippen LogP contribution >= 0.6 is 0 Å². The molecule has 0 aromatic heterocycles. The van der Waals surface area contributed by atoms with Gasteiger partial charge in [-0.2, -0.15) is 0 Å². The van der Waals surface area contributed by atoms with Crippen molar-refractivity contribution in [3.8, 4) is 0 Å². The Morgan fingerprint density at radius 3 is 0.835 bits per heavy atom. The number of carbonyl (C=O) groups is 3. The summed E-state index contributed by atoms with van der Waals surface area (Å²) in [7, 11) is 0. The summed E-state index contributed by atoms with van der Waals surface area (Å²) in [6.45, 7) is 6.25. The summed E-state index contributed by atoms with van der Waals surface area (Å²) in [4.78, 5) is 38.2. The second kappa shape index (κ2) is 65.8. The molecule has 1 atom stereocenters. The fraction of sp³-hybridized carbons (Fsp3) is 0.630. The number of carbonyl (C=O) groups excluding carboxylic acids is 3. The molecule has 0 saturated heterocycles. The molecule has 446 valence electrons. The van der Waals surface area contributed by atoms with Gasteiger partial charge in [-0.1, -0.05) is 289 Å². The zero-order valence-corrected chi connectivity index (χ0v) is 51.1. The first kappa shape index (κ1) is 74.3. The number of unbranched alkanes of at least 4 members (excludes halogenated alkanes) is 23. The summed E-state index contributed by atoms with van der Waals surface area (Å²) in [6.07, 6.45) is 94.7. The predicted molar refractivity (Wildman–Crippen MR) is 343 cm³/mol. The molecule has 0 aromatic carbocycles. The van der Waals surface area contributed by atoms with Gasteiger partial charge in [-0.15, -0.1) is 0 Å². The van der Waals surface area contributed by atoms with E-state index < -0.39 is 12.1 Å². The van der Waals surface area contributed by atoms with Gasteiger partial charge in [-0.25, -0.2) is 0 Å². The third-order valence-corrected chi connectivity index (χ3v) is 13.3. The Morgan fingerprint density at radius 1 is 0.278 bits per heavy atom. The van der Waals surface area contributed by atoms with E-state index in [0.717, 1.165) is 128 Å². The largest absolute Gasteiger partial charge is 0.462 e. The van der Waals surface area contributed by atoms with Gasteiger partial charge in [0.25, 0.3) is 0 Å². The Labute approximate surface area is 487 Å². The van der Waals surface area contributed by atoms with Crippen LogP contribution < -0.4 is 0 Å². The Hall–Kier alpha value is -4.71. The summed E-state index contributed by atoms with van der Waals surface area (Å²) >= 11 is 0. The molecule has 0 fully saturated rings. The average molecular weight is 1090 g/mol. The van der Waals surface area contributed by atoms with E-state index >= 15 is 0 Å². The lowest BCUT2D eigenvalue weighted by atomic mass is 10.0. The number of hydrogen-bond donors (Lipinski definition) is 0. The summed E-state index contributed by atoms with van der Waals surface area (Å²) in [5.74, 6) is -1.07. The highest BCUT2D eigenvalue weighted by Crippen LogP contribution is 2.16. The quantitative estimate of drug-likeness (QED) is 0.0261. The maximum absolute atomic E-state index is 12.8. The first-order valence-electron chi connectivity index (χ1n) is 32.3. The van der Waals surface area contributed by atoms with E-state index in [1.54, 1.807) is 6.08 Å². The Kier molecular flexibility index (Phi) is 61.9. The van der Waals surface area contributed by atoms with Gasteiger partial charge in [0.2, 0.25) is 0 Å². The molecule has 0 radical (unpaired) electrons. The van der Waals surface area contributed by atoms with Crippen LogP contribution in [-0.2, 0) is 28.6 Å². The highest BCUT2D eigenvalue weighted by Gasteiger charge is 2.19. The molecule has 0 aliphatic carbocycles. The lowest BCUT2D eigenvalue weighted by Gasteiger charge is -2.18. The normalized spacial score (nSPS) is 13.1. The molecule has 0 spiro atoms. The van der Waals surface area contributed by atoms with Crippen LogP contribution in [0.15, 0.2) is 146 Å². The number of allylic oxidation sites excluding steroid dienone is 23. The van der Waals surface area contributed by atoms with Crippen molar-refractivity contribution in [3.63, 3.8) is 0 Å². The molecule has 6 nitrogen and oxygen atoms in total. The molecule has 0 rings (SSSR count). The van der Waals surface area contributed by atoms with Crippen molar-refractivity contribution in [1.82, 2.24) is 0 Å². The van der Waals surface area contributed by atoms with Crippen LogP contribution in [0.3, 0.4) is 0 Å². The molecular weight excluding hydrogens is 973 g/mol. The van der Waals surface area contributed by atoms with Gasteiger partial charge in [0.15, 0.2) is 6.10 Å². The van der Waals surface area contributed by atoms with Crippen molar-refractivity contribution in [2.24, 2.45) is 0 Å². The lowest BCUT2D eigenvalue weighted by molar-refractivity contribution is -0.166. The minimum Gasteiger partial charge on any atom is -0.462 e. The van der Waals surface area contributed by atoms with E-state index in [-0.39, 0.29) is 31.6 Å². The third-order valence-electron chi connectivity index (χ3n) is 13.3. The lowest BCUT2D eigenvalue weighted by Crippen LogP contribution is -2.30. The predicted octanol–water partition coefficient (Wildman–Crippen LogP) is 22.3. The molecule has 1 unspecified atom stereocenters. The van der Waals surface area contributed by atoms with Gasteiger partial charge in [-0.05, 0) is 116 Å². The molecule has 0 aromatic rings. The Morgan fingerprint density at radius 2 is 0.532 bits per heavy atom. The van der Waals surface area contributed by atoms with Crippen LogP contribution in [0.1, 0.15) is 278 Å². The van der Waals surface area contributed by atoms with Crippen molar-refractivity contribution in [1.29, 1.82) is 0 Å². The summed E-state index contributed by atoms with van der Waals surface area (Å²) < 4.78 is 16.8. The fourth-order valence-corrected chi connectivity index (χ4v) is 8.58. The fourth-order valence-electron chi connectivity index (χ4n) is 8.58. The van der Waals surface area contributed by atoms with Gasteiger partial charge < -0.3 is 14.2 Å². The highest BCUT2D eigenvalue weighted by atomic mass is 16.6. The number of esters is 3. The average Bonchev–Trinajstić information content (AvgIpc) is 3.45. The molecule has 79 heavy (non-hydrogen) atoms. The SMILES string of the molecule is CC/C=C\C/C=C\C/C=C\C/C=C\C/C=C\CCCCCCCCCCCCCCCCCCCC(=O)OCC(COC(=O)CCCCCCC/C=C\C/C=C\CCC)OC(=O)C/C=C\C/C=C\C/C=C\C/C=C\C/C=C\CC. The Bertz CT molecular complexity index is 1730. The van der Waals surface area contributed by atoms with E-state index in [1.807, 2.05) is 6.08 Å². The van der Waals surface area contributed by atoms with Crippen molar-refractivity contribution in [2.75, 3.05) is 13.2 Å². The zero-order chi connectivity index (χ0) is 57.1. The monoisotopic (exact) mass is 1090 g/mol. The first-order chi connectivity index (χ1) is 39.0. The second-order valence-corrected chi connectivity index (χ2v) is 20.9. The van der Waals surface area contributed by atoms with Gasteiger partial charge in [0.05, 0.1) is 6.42 Å². The van der Waals surface area contributed by atoms with Crippen molar-refractivity contribution in [2.45, 2.75) is 284 Å². The molecule has 0 N–H and O–H groups in total. The van der Waals surface area contributed by atoms with Gasteiger partial charge in [0.1, 0.15) is 13.2 Å². The molecule has 0 saturated carbocycles. The van der Waals surface area contributed by atoms with Crippen molar-refractivity contribution >= 4 is 17.9 Å². The van der Waals surface area contributed by atoms with E-state index in [4.69, 9.17) is 14.2 Å². The molecule has 0 heterocycles. The summed E-state index contributed by atoms with van der Waals surface area (Å²) in [5, 5.41) is 0. The maximum atomic E-state index is 12.8. The standard InChI is InChI=1S/C73H118O6/c1-4-7-10-13-16-19-22-25-27-28-29-30-31-32-33-34-35-36-37-38-39-40-41-42-43-44-46-48-51-54-57-60-63-66-72(75)78-69-70(68-77-71(74)65-62-59-56-53-50-47-24-21-18-15-12-9-6-3)79-73(76)67-64-61-58-55-52-49-45-26-23-20-17-14-11-8-5-2/h7-8,10-12,15-17,19-21,24-27,29-30,32-33,45,52,55,61,64,70H,4-6,9,13-14,18,22-23,28,31,34-44,46-51,53-54,56-60,62-63,65-69H2,1-3H3/b10-7-,11-8-,15-12-,19-16-,20-17-,24-21-,27-25-,30-29-,33-32-,45-26-,55-52-,64-61-. The van der Waals surface area contributed by atoms with Crippen LogP contribution in [0, 0.1) is 0 Å². The van der Waals surface area contributed by atoms with Crippen LogP contribution in [0.25, 0.3) is 0 Å². The minimum atomic E-state index is -0.842. The van der Waals surface area contributed by atoms with Crippen LogP contribution in [0.2, 0.25) is 0 Å². The molecule has 0 aliphatic rings. The number of hydrogen-bond acceptors (Lipinski definition) is 6. The van der Waals surface area contributed by atoms with Crippen LogP contribution in [-0.4, -0.2) is 37.2 Å². The van der Waals surface area contributed by atoms with Crippen LogP contribution in [0.4, 0.5) is 0 Å². The maximum Gasteiger partial charge on any atom is 0.310 e. The van der Waals surface area contributed by atoms with E-state index in [1.165, 1.54) is 103 Å². The smallest absolute Gasteiger partial charge is 0.310 e. The van der Waals surface area contributed by atoms with E-state index in [2.05, 4.69) is 154 Å². The van der Waals surface area contributed by atoms with Gasteiger partial charge in [-0.3, -0.25) is 14.4 Å². The van der Waals surface area contributed by atoms with Gasteiger partial charge in [0, 0.05) is 12.8 Å². The first-order valence-corrected chi connectivity index (χ1v) is 32.3. The highest BCUT2D eigenvalue weighted by molar-refractivity contribution is 5.72. The van der Waals surface area contributed by atoms with E-state index in [9.17, 15) is 14.4 Å².